The number of nitrogens with one attached hydrogen (secondary N) is 1. The molecule has 5 rings (SSSR count). The summed E-state index contributed by atoms with van der Waals surface area (Å²) in [6.07, 6.45) is 0.767. The first-order chi connectivity index (χ1) is 16.5. The van der Waals surface area contributed by atoms with Gasteiger partial charge in [-0.1, -0.05) is 13.8 Å². The molecule has 11 heteroatoms. The minimum Gasteiger partial charge on any atom is -0.353 e. The first-order valence-electron chi connectivity index (χ1n) is 11.6. The van der Waals surface area contributed by atoms with Gasteiger partial charge in [0.25, 0.3) is 0 Å². The zero-order valence-electron chi connectivity index (χ0n) is 20.0. The molecule has 7 nitrogen and oxygen atoms in total. The SMILES string of the molecule is Cc1c(-c2[nH]c3cnc(N4CCN(CC(F)(F)F)CC4)c(F)c3c2C(C)C)cn2ncnc2c1C. The van der Waals surface area contributed by atoms with Gasteiger partial charge in [0.1, 0.15) is 6.33 Å². The van der Waals surface area contributed by atoms with Gasteiger partial charge in [0, 0.05) is 43.3 Å². The number of nitrogens with zero attached hydrogens (tertiary/aromatic N) is 6. The van der Waals surface area contributed by atoms with Gasteiger partial charge in [-0.3, -0.25) is 4.90 Å². The summed E-state index contributed by atoms with van der Waals surface area (Å²) in [5.74, 6) is -0.274. The van der Waals surface area contributed by atoms with Crippen molar-refractivity contribution in [2.75, 3.05) is 37.6 Å². The summed E-state index contributed by atoms with van der Waals surface area (Å²) in [6, 6.07) is 0. The predicted octanol–water partition coefficient (Wildman–Crippen LogP) is 4.84. The minimum absolute atomic E-state index is 0.00159. The molecule has 0 spiro atoms. The zero-order valence-corrected chi connectivity index (χ0v) is 20.0. The van der Waals surface area contributed by atoms with Crippen molar-refractivity contribution in [2.45, 2.75) is 39.8 Å². The Morgan fingerprint density at radius 2 is 1.77 bits per heavy atom. The molecule has 1 fully saturated rings. The van der Waals surface area contributed by atoms with Crippen LogP contribution in [0.5, 0.6) is 0 Å². The van der Waals surface area contributed by atoms with Crippen LogP contribution >= 0.6 is 0 Å². The first kappa shape index (κ1) is 23.5. The minimum atomic E-state index is -4.25. The Kier molecular flexibility index (Phi) is 5.70. The smallest absolute Gasteiger partial charge is 0.353 e. The first-order valence-corrected chi connectivity index (χ1v) is 11.6. The fraction of sp³-hybridized carbons (Fsp3) is 0.458. The van der Waals surface area contributed by atoms with E-state index in [1.165, 1.54) is 11.2 Å². The Balaban J connectivity index is 1.57. The summed E-state index contributed by atoms with van der Waals surface area (Å²) in [4.78, 5) is 15.1. The van der Waals surface area contributed by atoms with Crippen molar-refractivity contribution in [2.24, 2.45) is 0 Å². The van der Waals surface area contributed by atoms with Gasteiger partial charge < -0.3 is 9.88 Å². The summed E-state index contributed by atoms with van der Waals surface area (Å²) in [5.41, 5.74) is 5.91. The summed E-state index contributed by atoms with van der Waals surface area (Å²) < 4.78 is 56.0. The molecule has 0 aliphatic carbocycles. The molecular formula is C24H27F4N7. The molecule has 0 unspecified atom stereocenters. The Bertz CT molecular complexity index is 1390. The van der Waals surface area contributed by atoms with Crippen LogP contribution in [0, 0.1) is 19.7 Å². The van der Waals surface area contributed by atoms with Gasteiger partial charge in [0.15, 0.2) is 17.3 Å². The van der Waals surface area contributed by atoms with Crippen LogP contribution in [0.3, 0.4) is 0 Å². The second-order valence-corrected chi connectivity index (χ2v) is 9.45. The molecule has 0 bridgehead atoms. The summed E-state index contributed by atoms with van der Waals surface area (Å²) in [5, 5.41) is 4.75. The molecule has 0 atom stereocenters. The molecule has 1 saturated heterocycles. The summed E-state index contributed by atoms with van der Waals surface area (Å²) in [7, 11) is 0. The van der Waals surface area contributed by atoms with Gasteiger partial charge in [-0.15, -0.1) is 0 Å². The lowest BCUT2D eigenvalue weighted by Crippen LogP contribution is -2.49. The van der Waals surface area contributed by atoms with Crippen LogP contribution in [0.15, 0.2) is 18.7 Å². The van der Waals surface area contributed by atoms with E-state index >= 15 is 4.39 Å². The third kappa shape index (κ3) is 4.11. The van der Waals surface area contributed by atoms with Gasteiger partial charge in [0.05, 0.1) is 24.0 Å². The largest absolute Gasteiger partial charge is 0.401 e. The van der Waals surface area contributed by atoms with Crippen molar-refractivity contribution < 1.29 is 17.6 Å². The molecule has 1 N–H and O–H groups in total. The average Bonchev–Trinajstić information content (AvgIpc) is 3.41. The molecule has 35 heavy (non-hydrogen) atoms. The fourth-order valence-electron chi connectivity index (χ4n) is 5.00. The lowest BCUT2D eigenvalue weighted by Gasteiger charge is -2.35. The number of H-pyrrole nitrogens is 1. The van der Waals surface area contributed by atoms with Gasteiger partial charge >= 0.3 is 6.18 Å². The van der Waals surface area contributed by atoms with Crippen molar-refractivity contribution in [1.29, 1.82) is 0 Å². The Morgan fingerprint density at radius 1 is 1.06 bits per heavy atom. The van der Waals surface area contributed by atoms with Crippen molar-refractivity contribution in [1.82, 2.24) is 29.5 Å². The normalized spacial score (nSPS) is 15.7. The highest BCUT2D eigenvalue weighted by molar-refractivity contribution is 5.94. The quantitative estimate of drug-likeness (QED) is 0.416. The molecule has 0 amide bonds. The highest BCUT2D eigenvalue weighted by Gasteiger charge is 2.33. The second kappa shape index (κ2) is 8.47. The van der Waals surface area contributed by atoms with Gasteiger partial charge in [-0.05, 0) is 36.5 Å². The Morgan fingerprint density at radius 3 is 2.43 bits per heavy atom. The second-order valence-electron chi connectivity index (χ2n) is 9.45. The number of hydrogen-bond donors (Lipinski definition) is 1. The van der Waals surface area contributed by atoms with Crippen molar-refractivity contribution >= 4 is 22.4 Å². The van der Waals surface area contributed by atoms with E-state index in [0.29, 0.717) is 10.9 Å². The Hall–Kier alpha value is -3.21. The van der Waals surface area contributed by atoms with E-state index in [4.69, 9.17) is 0 Å². The standard InChI is InChI=1S/C24H27F4N7/c1-13(2)18-19-17(32-21(18)16-10-35-22(30-12-31-35)15(4)14(16)3)9-29-23(20(19)25)34-7-5-33(6-8-34)11-24(26,27)28/h9-10,12-13,32H,5-8,11H2,1-4H3. The lowest BCUT2D eigenvalue weighted by molar-refractivity contribution is -0.146. The van der Waals surface area contributed by atoms with E-state index in [2.05, 4.69) is 20.1 Å². The van der Waals surface area contributed by atoms with Crippen LogP contribution in [-0.4, -0.2) is 68.4 Å². The fourth-order valence-corrected chi connectivity index (χ4v) is 5.00. The third-order valence-electron chi connectivity index (χ3n) is 6.85. The van der Waals surface area contributed by atoms with Gasteiger partial charge in [-0.2, -0.15) is 18.3 Å². The van der Waals surface area contributed by atoms with Crippen LogP contribution in [0.25, 0.3) is 27.8 Å². The summed E-state index contributed by atoms with van der Waals surface area (Å²) >= 11 is 0. The molecule has 0 saturated carbocycles. The van der Waals surface area contributed by atoms with E-state index in [0.717, 1.165) is 33.6 Å². The molecule has 0 aromatic carbocycles. The summed E-state index contributed by atoms with van der Waals surface area (Å²) in [6.45, 7) is 8.02. The maximum Gasteiger partial charge on any atom is 0.401 e. The molecule has 4 aromatic heterocycles. The third-order valence-corrected chi connectivity index (χ3v) is 6.85. The molecule has 0 radical (unpaired) electrons. The topological polar surface area (TPSA) is 65.4 Å². The Labute approximate surface area is 199 Å². The average molecular weight is 490 g/mol. The van der Waals surface area contributed by atoms with E-state index in [1.54, 1.807) is 15.6 Å². The van der Waals surface area contributed by atoms with Gasteiger partial charge in [-0.25, -0.2) is 18.9 Å². The molecule has 5 heterocycles. The van der Waals surface area contributed by atoms with Crippen LogP contribution in [0.4, 0.5) is 23.4 Å². The highest BCUT2D eigenvalue weighted by atomic mass is 19.4. The van der Waals surface area contributed by atoms with Crippen molar-refractivity contribution in [3.63, 3.8) is 0 Å². The molecule has 1 aliphatic heterocycles. The number of aromatic nitrogens is 5. The molecule has 1 aliphatic rings. The number of piperazine rings is 1. The molecule has 186 valence electrons. The maximum absolute atomic E-state index is 16.0. The van der Waals surface area contributed by atoms with Crippen LogP contribution in [-0.2, 0) is 0 Å². The maximum atomic E-state index is 16.0. The monoisotopic (exact) mass is 489 g/mol. The van der Waals surface area contributed by atoms with Crippen molar-refractivity contribution in [3.05, 3.63) is 41.2 Å². The number of anilines is 1. The number of fused-ring (bicyclic) bond motifs is 2. The number of halogens is 4. The molecule has 4 aromatic rings. The number of rotatable bonds is 4. The zero-order chi connectivity index (χ0) is 25.1. The number of hydrogen-bond acceptors (Lipinski definition) is 5. The van der Waals surface area contributed by atoms with Gasteiger partial charge in [0.2, 0.25) is 0 Å². The van der Waals surface area contributed by atoms with E-state index in [1.807, 2.05) is 33.9 Å². The number of alkyl halides is 3. The molecular weight excluding hydrogens is 462 g/mol. The number of aryl methyl sites for hydroxylation is 1. The number of pyridine rings is 2. The van der Waals surface area contributed by atoms with Crippen molar-refractivity contribution in [3.8, 4) is 11.3 Å². The van der Waals surface area contributed by atoms with E-state index in [-0.39, 0.29) is 37.9 Å². The van der Waals surface area contributed by atoms with Crippen LogP contribution < -0.4 is 4.90 Å². The van der Waals surface area contributed by atoms with E-state index < -0.39 is 18.5 Å². The van der Waals surface area contributed by atoms with E-state index in [9.17, 15) is 13.2 Å². The lowest BCUT2D eigenvalue weighted by atomic mass is 9.94. The predicted molar refractivity (Wildman–Crippen MR) is 126 cm³/mol. The van der Waals surface area contributed by atoms with Crippen LogP contribution in [0.1, 0.15) is 36.5 Å². The van der Waals surface area contributed by atoms with Crippen LogP contribution in [0.2, 0.25) is 0 Å². The number of aromatic amines is 1. The highest BCUT2D eigenvalue weighted by Crippen LogP contribution is 2.40.